The number of rotatable bonds is 6. The quantitative estimate of drug-likeness (QED) is 0.487. The van der Waals surface area contributed by atoms with Crippen molar-refractivity contribution in [2.45, 2.75) is 13.0 Å². The van der Waals surface area contributed by atoms with Crippen molar-refractivity contribution in [3.63, 3.8) is 0 Å². The smallest absolute Gasteiger partial charge is 0.363 e. The van der Waals surface area contributed by atoms with Crippen molar-refractivity contribution >= 4 is 28.5 Å². The highest BCUT2D eigenvalue weighted by molar-refractivity contribution is 5.81. The van der Waals surface area contributed by atoms with Gasteiger partial charge in [0.25, 0.3) is 0 Å². The van der Waals surface area contributed by atoms with Crippen molar-refractivity contribution in [3.8, 4) is 0 Å². The number of nitro groups is 1. The summed E-state index contributed by atoms with van der Waals surface area (Å²) in [7, 11) is 0. The average molecular weight is 383 g/mol. The zero-order valence-electron chi connectivity index (χ0n) is 15.3. The van der Waals surface area contributed by atoms with Crippen molar-refractivity contribution in [1.29, 1.82) is 0 Å². The minimum atomic E-state index is -0.481. The lowest BCUT2D eigenvalue weighted by molar-refractivity contribution is -0.389. The van der Waals surface area contributed by atoms with Gasteiger partial charge in [-0.3, -0.25) is 4.90 Å². The maximum Gasteiger partial charge on any atom is 0.363 e. The first-order valence-corrected chi connectivity index (χ1v) is 9.11. The molecule has 0 radical (unpaired) electrons. The van der Waals surface area contributed by atoms with E-state index in [1.54, 1.807) is 18.6 Å². The van der Waals surface area contributed by atoms with Gasteiger partial charge in [0, 0.05) is 38.8 Å². The number of anilines is 2. The Bertz CT molecular complexity index is 964. The minimum Gasteiger partial charge on any atom is -0.382 e. The second kappa shape index (κ2) is 7.72. The summed E-state index contributed by atoms with van der Waals surface area (Å²) < 4.78 is 2.01. The number of hydrogen-bond acceptors (Lipinski definition) is 9. The van der Waals surface area contributed by atoms with Gasteiger partial charge in [0.15, 0.2) is 17.7 Å². The van der Waals surface area contributed by atoms with Crippen LogP contribution in [0.3, 0.4) is 0 Å². The third-order valence-corrected chi connectivity index (χ3v) is 4.96. The molecule has 4 rings (SSSR count). The van der Waals surface area contributed by atoms with Gasteiger partial charge < -0.3 is 25.3 Å². The van der Waals surface area contributed by atoms with Crippen LogP contribution in [0.5, 0.6) is 0 Å². The summed E-state index contributed by atoms with van der Waals surface area (Å²) in [4.78, 5) is 31.3. The van der Waals surface area contributed by atoms with Crippen LogP contribution in [0.1, 0.15) is 6.42 Å². The normalized spacial score (nSPS) is 15.2. The molecule has 0 amide bonds. The number of aryl methyl sites for hydroxylation is 1. The van der Waals surface area contributed by atoms with E-state index < -0.39 is 4.92 Å². The number of fused-ring (bicyclic) bond motifs is 1. The molecule has 1 aliphatic heterocycles. The van der Waals surface area contributed by atoms with Gasteiger partial charge in [0.1, 0.15) is 11.8 Å². The third kappa shape index (κ3) is 3.69. The van der Waals surface area contributed by atoms with Gasteiger partial charge in [0.05, 0.1) is 12.0 Å². The molecule has 0 aliphatic carbocycles. The van der Waals surface area contributed by atoms with Crippen LogP contribution >= 0.6 is 0 Å². The Morgan fingerprint density at radius 2 is 1.89 bits per heavy atom. The molecular weight excluding hydrogens is 362 g/mol. The minimum absolute atomic E-state index is 0.124. The maximum atomic E-state index is 10.7. The summed E-state index contributed by atoms with van der Waals surface area (Å²) in [5.41, 5.74) is 8.16. The molecular formula is C17H21N9O2. The molecule has 2 N–H and O–H groups in total. The molecule has 4 heterocycles. The van der Waals surface area contributed by atoms with E-state index in [0.717, 1.165) is 57.0 Å². The summed E-state index contributed by atoms with van der Waals surface area (Å²) in [5, 5.41) is 10.7. The zero-order chi connectivity index (χ0) is 19.5. The van der Waals surface area contributed by atoms with Crippen molar-refractivity contribution in [2.24, 2.45) is 0 Å². The van der Waals surface area contributed by atoms with E-state index in [1.165, 1.54) is 12.4 Å². The van der Waals surface area contributed by atoms with Crippen LogP contribution in [0.4, 0.5) is 17.3 Å². The van der Waals surface area contributed by atoms with Gasteiger partial charge in [-0.2, -0.15) is 0 Å². The van der Waals surface area contributed by atoms with Crippen LogP contribution in [-0.2, 0) is 6.54 Å². The van der Waals surface area contributed by atoms with Crippen LogP contribution in [-0.4, -0.2) is 67.1 Å². The van der Waals surface area contributed by atoms with Gasteiger partial charge in [-0.25, -0.2) is 15.0 Å². The number of nitrogens with zero attached hydrogens (tertiary/aromatic N) is 8. The first kappa shape index (κ1) is 18.0. The number of imidazole rings is 1. The molecule has 28 heavy (non-hydrogen) atoms. The van der Waals surface area contributed by atoms with Crippen LogP contribution in [0, 0.1) is 10.1 Å². The first-order valence-electron chi connectivity index (χ1n) is 9.11. The predicted octanol–water partition coefficient (Wildman–Crippen LogP) is 0.924. The number of nitrogen functional groups attached to an aromatic ring is 1. The van der Waals surface area contributed by atoms with E-state index in [-0.39, 0.29) is 5.82 Å². The molecule has 1 fully saturated rings. The van der Waals surface area contributed by atoms with Crippen molar-refractivity contribution in [2.75, 3.05) is 43.4 Å². The number of nitrogens with two attached hydrogens (primary N) is 1. The summed E-state index contributed by atoms with van der Waals surface area (Å²) in [6.45, 7) is 5.42. The highest BCUT2D eigenvalue weighted by atomic mass is 16.6. The highest BCUT2D eigenvalue weighted by Crippen LogP contribution is 2.18. The van der Waals surface area contributed by atoms with E-state index in [1.807, 2.05) is 4.57 Å². The molecule has 11 nitrogen and oxygen atoms in total. The Morgan fingerprint density at radius 1 is 1.07 bits per heavy atom. The lowest BCUT2D eigenvalue weighted by atomic mass is 10.2. The van der Waals surface area contributed by atoms with E-state index >= 15 is 0 Å². The van der Waals surface area contributed by atoms with Gasteiger partial charge in [-0.1, -0.05) is 0 Å². The van der Waals surface area contributed by atoms with Gasteiger partial charge in [-0.05, 0) is 28.9 Å². The fraction of sp³-hybridized carbons (Fsp3) is 0.412. The van der Waals surface area contributed by atoms with Crippen LogP contribution in [0.2, 0.25) is 0 Å². The molecule has 146 valence electrons. The fourth-order valence-corrected chi connectivity index (χ4v) is 3.43. The standard InChI is InChI=1S/C17H21N9O2/c18-16-15-17(21-11-20-16)25(12-22-15)5-1-4-23-6-8-24(9-7-23)13-2-3-14(19-10-13)26(27)28/h2-3,10-12H,1,4-9H2,(H2,18,20,21). The lowest BCUT2D eigenvalue weighted by Gasteiger charge is -2.35. The van der Waals surface area contributed by atoms with Gasteiger partial charge in [0.2, 0.25) is 0 Å². The van der Waals surface area contributed by atoms with Crippen molar-refractivity contribution in [1.82, 2.24) is 29.4 Å². The first-order chi connectivity index (χ1) is 13.6. The summed E-state index contributed by atoms with van der Waals surface area (Å²) in [6.07, 6.45) is 5.78. The Morgan fingerprint density at radius 3 is 2.61 bits per heavy atom. The monoisotopic (exact) mass is 383 g/mol. The second-order valence-corrected chi connectivity index (χ2v) is 6.68. The van der Waals surface area contributed by atoms with E-state index in [9.17, 15) is 10.1 Å². The SMILES string of the molecule is Nc1ncnc2c1ncn2CCCN1CCN(c2ccc([N+](=O)[O-])nc2)CC1. The second-order valence-electron chi connectivity index (χ2n) is 6.68. The van der Waals surface area contributed by atoms with Gasteiger partial charge >= 0.3 is 5.82 Å². The predicted molar refractivity (Wildman–Crippen MR) is 104 cm³/mol. The van der Waals surface area contributed by atoms with Crippen LogP contribution < -0.4 is 10.6 Å². The lowest BCUT2D eigenvalue weighted by Crippen LogP contribution is -2.46. The molecule has 0 saturated carbocycles. The topological polar surface area (TPSA) is 132 Å². The molecule has 3 aromatic rings. The average Bonchev–Trinajstić information content (AvgIpc) is 3.13. The molecule has 0 spiro atoms. The van der Waals surface area contributed by atoms with E-state index in [0.29, 0.717) is 11.3 Å². The Labute approximate surface area is 161 Å². The number of piperazine rings is 1. The highest BCUT2D eigenvalue weighted by Gasteiger charge is 2.19. The number of aromatic nitrogens is 5. The molecule has 0 aromatic carbocycles. The molecule has 1 aliphatic rings. The zero-order valence-corrected chi connectivity index (χ0v) is 15.3. The molecule has 0 bridgehead atoms. The molecule has 1 saturated heterocycles. The Hall–Kier alpha value is -3.34. The van der Waals surface area contributed by atoms with Crippen LogP contribution in [0.25, 0.3) is 11.2 Å². The van der Waals surface area contributed by atoms with Crippen LogP contribution in [0.15, 0.2) is 31.0 Å². The summed E-state index contributed by atoms with van der Waals surface area (Å²) >= 11 is 0. The summed E-state index contributed by atoms with van der Waals surface area (Å²) in [5.74, 6) is 0.280. The van der Waals surface area contributed by atoms with Crippen molar-refractivity contribution < 1.29 is 4.92 Å². The molecule has 0 atom stereocenters. The molecule has 3 aromatic heterocycles. The third-order valence-electron chi connectivity index (χ3n) is 4.96. The maximum absolute atomic E-state index is 10.7. The fourth-order valence-electron chi connectivity index (χ4n) is 3.43. The van der Waals surface area contributed by atoms with E-state index in [4.69, 9.17) is 5.73 Å². The summed E-state index contributed by atoms with van der Waals surface area (Å²) in [6, 6.07) is 3.21. The van der Waals surface area contributed by atoms with Gasteiger partial charge in [-0.15, -0.1) is 0 Å². The van der Waals surface area contributed by atoms with Crippen molar-refractivity contribution in [3.05, 3.63) is 41.1 Å². The Kier molecular flexibility index (Phi) is 4.98. The largest absolute Gasteiger partial charge is 0.382 e. The van der Waals surface area contributed by atoms with E-state index in [2.05, 4.69) is 29.7 Å². The molecule has 11 heteroatoms. The Balaban J connectivity index is 1.26. The number of pyridine rings is 1. The number of hydrogen-bond donors (Lipinski definition) is 1. The molecule has 0 unspecified atom stereocenters.